The molecule has 1 aromatic carbocycles. The molecule has 1 aliphatic carbocycles. The fourth-order valence-electron chi connectivity index (χ4n) is 2.62. The third kappa shape index (κ3) is 3.66. The minimum absolute atomic E-state index is 0.134. The molecule has 0 saturated heterocycles. The molecule has 0 nitrogen and oxygen atoms in total. The highest BCUT2D eigenvalue weighted by atomic mass is 35.5. The van der Waals surface area contributed by atoms with E-state index in [0.29, 0.717) is 5.02 Å². The van der Waals surface area contributed by atoms with Crippen molar-refractivity contribution in [1.82, 2.24) is 0 Å². The van der Waals surface area contributed by atoms with Crippen LogP contribution in [0.25, 0.3) is 0 Å². The fourth-order valence-corrected chi connectivity index (χ4v) is 3.69. The molecule has 1 aromatic rings. The summed E-state index contributed by atoms with van der Waals surface area (Å²) in [5.74, 6) is 0. The van der Waals surface area contributed by atoms with Gasteiger partial charge in [0.2, 0.25) is 0 Å². The Bertz CT molecular complexity index is 475. The van der Waals surface area contributed by atoms with E-state index in [1.54, 1.807) is 6.07 Å². The van der Waals surface area contributed by atoms with Gasteiger partial charge in [0.25, 0.3) is 0 Å². The third-order valence-corrected chi connectivity index (χ3v) is 4.17. The molecular weight excluding hydrogens is 287 g/mol. The predicted octanol–water partition coefficient (Wildman–Crippen LogP) is 5.89. The van der Waals surface area contributed by atoms with Crippen molar-refractivity contribution in [3.63, 3.8) is 0 Å². The maximum atomic E-state index is 6.30. The number of halogens is 3. The Morgan fingerprint density at radius 3 is 2.61 bits per heavy atom. The normalized spacial score (nSPS) is 22.7. The summed E-state index contributed by atoms with van der Waals surface area (Å²) < 4.78 is 0. The van der Waals surface area contributed by atoms with Gasteiger partial charge < -0.3 is 0 Å². The highest BCUT2D eigenvalue weighted by Gasteiger charge is 2.27. The fraction of sp³-hybridized carbons (Fsp3) is 0.467. The Morgan fingerprint density at radius 1 is 1.28 bits per heavy atom. The molecule has 0 aromatic heterocycles. The lowest BCUT2D eigenvalue weighted by atomic mass is 9.76. The molecule has 2 rings (SSSR count). The molecule has 1 atom stereocenters. The van der Waals surface area contributed by atoms with E-state index >= 15 is 0 Å². The summed E-state index contributed by atoms with van der Waals surface area (Å²) in [5.41, 5.74) is 2.76. The maximum absolute atomic E-state index is 6.30. The van der Waals surface area contributed by atoms with E-state index in [1.807, 2.05) is 12.1 Å². The topological polar surface area (TPSA) is 0 Å². The van der Waals surface area contributed by atoms with Gasteiger partial charge in [0, 0.05) is 10.0 Å². The molecule has 0 bridgehead atoms. The monoisotopic (exact) mass is 302 g/mol. The van der Waals surface area contributed by atoms with Crippen LogP contribution in [0, 0.1) is 5.41 Å². The van der Waals surface area contributed by atoms with Crippen molar-refractivity contribution in [3.8, 4) is 0 Å². The minimum Gasteiger partial charge on any atom is -0.118 e. The van der Waals surface area contributed by atoms with Gasteiger partial charge in [0.1, 0.15) is 0 Å². The largest absolute Gasteiger partial charge is 0.118 e. The molecule has 0 saturated carbocycles. The average molecular weight is 304 g/mol. The van der Waals surface area contributed by atoms with E-state index in [2.05, 4.69) is 19.9 Å². The molecule has 1 aliphatic rings. The Kier molecular flexibility index (Phi) is 4.31. The van der Waals surface area contributed by atoms with Gasteiger partial charge in [-0.2, -0.15) is 0 Å². The lowest BCUT2D eigenvalue weighted by Gasteiger charge is -2.32. The Morgan fingerprint density at radius 2 is 2.00 bits per heavy atom. The molecule has 0 aliphatic heterocycles. The van der Waals surface area contributed by atoms with Gasteiger partial charge in [-0.25, -0.2) is 0 Å². The summed E-state index contributed by atoms with van der Waals surface area (Å²) in [6, 6.07) is 5.68. The molecule has 0 radical (unpaired) electrons. The SMILES string of the molecule is CC1(C)CC(Cc2ccc(Cl)cc2Cl)=CC(Cl)C1. The summed E-state index contributed by atoms with van der Waals surface area (Å²) in [7, 11) is 0. The van der Waals surface area contributed by atoms with E-state index in [-0.39, 0.29) is 10.8 Å². The van der Waals surface area contributed by atoms with Crippen LogP contribution in [0.15, 0.2) is 29.8 Å². The number of allylic oxidation sites excluding steroid dienone is 2. The van der Waals surface area contributed by atoms with E-state index in [9.17, 15) is 0 Å². The predicted molar refractivity (Wildman–Crippen MR) is 80.9 cm³/mol. The van der Waals surface area contributed by atoms with E-state index in [4.69, 9.17) is 34.8 Å². The first kappa shape index (κ1) is 14.2. The molecule has 0 fully saturated rings. The number of hydrogen-bond acceptors (Lipinski definition) is 0. The van der Waals surface area contributed by atoms with E-state index < -0.39 is 0 Å². The first-order chi connectivity index (χ1) is 8.35. The van der Waals surface area contributed by atoms with E-state index in [0.717, 1.165) is 29.8 Å². The Hall–Kier alpha value is -0.170. The van der Waals surface area contributed by atoms with Gasteiger partial charge in [-0.15, -0.1) is 11.6 Å². The molecule has 0 heterocycles. The third-order valence-electron chi connectivity index (χ3n) is 3.30. The van der Waals surface area contributed by atoms with Crippen molar-refractivity contribution < 1.29 is 0 Å². The first-order valence-corrected chi connectivity index (χ1v) is 7.32. The molecule has 98 valence electrons. The summed E-state index contributed by atoms with van der Waals surface area (Å²) >= 11 is 18.4. The second-order valence-electron chi connectivity index (χ2n) is 5.80. The zero-order chi connectivity index (χ0) is 13.3. The minimum atomic E-state index is 0.134. The number of rotatable bonds is 2. The van der Waals surface area contributed by atoms with Gasteiger partial charge in [-0.1, -0.05) is 54.8 Å². The summed E-state index contributed by atoms with van der Waals surface area (Å²) in [5, 5.41) is 1.55. The standard InChI is InChI=1S/C15H17Cl3/c1-15(2)8-10(6-13(17)9-15)5-11-3-4-12(16)7-14(11)18/h3-4,6-7,13H,5,8-9H2,1-2H3. The molecule has 18 heavy (non-hydrogen) atoms. The molecule has 3 heteroatoms. The number of benzene rings is 1. The summed E-state index contributed by atoms with van der Waals surface area (Å²) in [4.78, 5) is 0. The van der Waals surface area contributed by atoms with Crippen LogP contribution in [0.4, 0.5) is 0 Å². The lowest BCUT2D eigenvalue weighted by Crippen LogP contribution is -2.22. The second-order valence-corrected chi connectivity index (χ2v) is 7.20. The number of alkyl halides is 1. The Labute approximate surface area is 124 Å². The van der Waals surface area contributed by atoms with Crippen LogP contribution in [0.1, 0.15) is 32.3 Å². The van der Waals surface area contributed by atoms with Gasteiger partial charge >= 0.3 is 0 Å². The highest BCUT2D eigenvalue weighted by Crippen LogP contribution is 2.39. The van der Waals surface area contributed by atoms with Gasteiger partial charge in [0.05, 0.1) is 5.38 Å². The summed E-state index contributed by atoms with van der Waals surface area (Å²) in [6.07, 6.45) is 5.15. The van der Waals surface area contributed by atoms with Crippen molar-refractivity contribution in [2.75, 3.05) is 0 Å². The zero-order valence-electron chi connectivity index (χ0n) is 10.6. The first-order valence-electron chi connectivity index (χ1n) is 6.13. The molecule has 1 unspecified atom stereocenters. The lowest BCUT2D eigenvalue weighted by molar-refractivity contribution is 0.320. The van der Waals surface area contributed by atoms with Crippen LogP contribution in [0.2, 0.25) is 10.0 Å². The highest BCUT2D eigenvalue weighted by molar-refractivity contribution is 6.35. The van der Waals surface area contributed by atoms with Crippen LogP contribution in [0.5, 0.6) is 0 Å². The average Bonchev–Trinajstić information content (AvgIpc) is 2.19. The van der Waals surface area contributed by atoms with Gasteiger partial charge in [-0.05, 0) is 42.4 Å². The van der Waals surface area contributed by atoms with Crippen LogP contribution in [-0.4, -0.2) is 5.38 Å². The molecule has 0 N–H and O–H groups in total. The summed E-state index contributed by atoms with van der Waals surface area (Å²) in [6.45, 7) is 4.53. The molecule has 0 amide bonds. The molecule has 0 spiro atoms. The quantitative estimate of drug-likeness (QED) is 0.472. The van der Waals surface area contributed by atoms with Crippen LogP contribution in [-0.2, 0) is 6.42 Å². The molecular formula is C15H17Cl3. The van der Waals surface area contributed by atoms with Crippen LogP contribution >= 0.6 is 34.8 Å². The van der Waals surface area contributed by atoms with Crippen molar-refractivity contribution in [2.45, 2.75) is 38.5 Å². The smallest absolute Gasteiger partial charge is 0.0523 e. The van der Waals surface area contributed by atoms with Crippen molar-refractivity contribution in [1.29, 1.82) is 0 Å². The zero-order valence-corrected chi connectivity index (χ0v) is 12.9. The van der Waals surface area contributed by atoms with Gasteiger partial charge in [-0.3, -0.25) is 0 Å². The van der Waals surface area contributed by atoms with Crippen LogP contribution in [0.3, 0.4) is 0 Å². The van der Waals surface area contributed by atoms with E-state index in [1.165, 1.54) is 5.57 Å². The maximum Gasteiger partial charge on any atom is 0.0523 e. The van der Waals surface area contributed by atoms with Crippen LogP contribution < -0.4 is 0 Å². The Balaban J connectivity index is 2.18. The van der Waals surface area contributed by atoms with Crippen molar-refractivity contribution in [3.05, 3.63) is 45.5 Å². The van der Waals surface area contributed by atoms with Crippen molar-refractivity contribution in [2.24, 2.45) is 5.41 Å². The second kappa shape index (κ2) is 5.45. The van der Waals surface area contributed by atoms with Crippen molar-refractivity contribution >= 4 is 34.8 Å². The van der Waals surface area contributed by atoms with Gasteiger partial charge in [0.15, 0.2) is 0 Å². The number of hydrogen-bond donors (Lipinski definition) is 0.